The smallest absolute Gasteiger partial charge is 0.0221 e. The van der Waals surface area contributed by atoms with Gasteiger partial charge in [0.25, 0.3) is 0 Å². The van der Waals surface area contributed by atoms with E-state index in [1.807, 2.05) is 0 Å². The van der Waals surface area contributed by atoms with Crippen LogP contribution in [0.3, 0.4) is 0 Å². The van der Waals surface area contributed by atoms with Crippen LogP contribution in [0.5, 0.6) is 0 Å². The van der Waals surface area contributed by atoms with Gasteiger partial charge < -0.3 is 0 Å². The van der Waals surface area contributed by atoms with Gasteiger partial charge in [-0.25, -0.2) is 0 Å². The van der Waals surface area contributed by atoms with Crippen LogP contribution in [-0.2, 0) is 0 Å². The van der Waals surface area contributed by atoms with Crippen LogP contribution in [0.2, 0.25) is 0 Å². The van der Waals surface area contributed by atoms with Crippen molar-refractivity contribution in [3.05, 3.63) is 83.9 Å². The Morgan fingerprint density at radius 1 is 0.500 bits per heavy atom. The lowest BCUT2D eigenvalue weighted by Gasteiger charge is -2.17. The summed E-state index contributed by atoms with van der Waals surface area (Å²) in [5, 5.41) is 0. The van der Waals surface area contributed by atoms with Crippen molar-refractivity contribution >= 4 is 11.1 Å². The second-order valence-corrected chi connectivity index (χ2v) is 5.24. The molecule has 0 aromatic heterocycles. The average Bonchev–Trinajstić information content (AvgIpc) is 2.49. The van der Waals surface area contributed by atoms with E-state index in [-0.39, 0.29) is 0 Å². The van der Waals surface area contributed by atoms with Gasteiger partial charge in [0.1, 0.15) is 0 Å². The van der Waals surface area contributed by atoms with Gasteiger partial charge in [0.15, 0.2) is 0 Å². The molecule has 2 aromatic rings. The van der Waals surface area contributed by atoms with E-state index in [1.54, 1.807) is 0 Å². The van der Waals surface area contributed by atoms with Gasteiger partial charge in [-0.1, -0.05) is 72.8 Å². The number of benzene rings is 2. The third-order valence-corrected chi connectivity index (χ3v) is 3.90. The highest BCUT2D eigenvalue weighted by atomic mass is 14.2. The standard InChI is InChI=1S/C20H20/c1-2-10-16-20(18-13-7-4-8-14-18)19(15-9-1)17-11-5-3-6-12-17/h1-8,11-14H,9-10,15-16H2/b2-1?,20-19-. The van der Waals surface area contributed by atoms with E-state index < -0.39 is 0 Å². The molecular weight excluding hydrogens is 240 g/mol. The molecule has 0 radical (unpaired) electrons. The molecule has 0 N–H and O–H groups in total. The van der Waals surface area contributed by atoms with E-state index >= 15 is 0 Å². The summed E-state index contributed by atoms with van der Waals surface area (Å²) in [6.45, 7) is 0. The number of hydrogen-bond acceptors (Lipinski definition) is 0. The Labute approximate surface area is 121 Å². The normalized spacial score (nSPS) is 19.4. The molecule has 0 atom stereocenters. The quantitative estimate of drug-likeness (QED) is 0.605. The maximum absolute atomic E-state index is 2.32. The first-order chi connectivity index (χ1) is 9.95. The molecule has 0 heterocycles. The largest absolute Gasteiger partial charge is 0.0882 e. The van der Waals surface area contributed by atoms with Gasteiger partial charge in [-0.2, -0.15) is 0 Å². The second kappa shape index (κ2) is 6.38. The van der Waals surface area contributed by atoms with Crippen LogP contribution in [0.1, 0.15) is 36.8 Å². The number of rotatable bonds is 2. The van der Waals surface area contributed by atoms with Crippen molar-refractivity contribution in [1.29, 1.82) is 0 Å². The Hall–Kier alpha value is -2.08. The minimum Gasteiger partial charge on any atom is -0.0882 e. The SMILES string of the molecule is C1=CCC/C(c2ccccc2)=C(/c2ccccc2)CC1. The molecule has 0 spiro atoms. The van der Waals surface area contributed by atoms with Crippen molar-refractivity contribution in [3.8, 4) is 0 Å². The third-order valence-electron chi connectivity index (χ3n) is 3.90. The molecular formula is C20H20. The number of allylic oxidation sites excluding steroid dienone is 4. The molecule has 0 bridgehead atoms. The minimum absolute atomic E-state index is 1.13. The average molecular weight is 260 g/mol. The summed E-state index contributed by atoms with van der Waals surface area (Å²) in [4.78, 5) is 0. The molecule has 0 aliphatic heterocycles. The first-order valence-corrected chi connectivity index (χ1v) is 7.43. The van der Waals surface area contributed by atoms with Gasteiger partial charge in [-0.15, -0.1) is 0 Å². The summed E-state index contributed by atoms with van der Waals surface area (Å²) in [5.74, 6) is 0. The molecule has 1 aliphatic rings. The maximum Gasteiger partial charge on any atom is -0.0221 e. The predicted molar refractivity (Wildman–Crippen MR) is 87.3 cm³/mol. The Bertz CT molecular complexity index is 548. The minimum atomic E-state index is 1.13. The molecule has 1 aliphatic carbocycles. The van der Waals surface area contributed by atoms with Gasteiger partial charge in [0.2, 0.25) is 0 Å². The van der Waals surface area contributed by atoms with Crippen molar-refractivity contribution in [2.24, 2.45) is 0 Å². The molecule has 100 valence electrons. The highest BCUT2D eigenvalue weighted by Gasteiger charge is 2.11. The van der Waals surface area contributed by atoms with Crippen molar-refractivity contribution in [2.75, 3.05) is 0 Å². The summed E-state index contributed by atoms with van der Waals surface area (Å²) < 4.78 is 0. The Morgan fingerprint density at radius 3 is 1.30 bits per heavy atom. The molecule has 20 heavy (non-hydrogen) atoms. The Kier molecular flexibility index (Phi) is 4.13. The third kappa shape index (κ3) is 2.91. The fourth-order valence-electron chi connectivity index (χ4n) is 2.91. The molecule has 0 heteroatoms. The van der Waals surface area contributed by atoms with Crippen LogP contribution < -0.4 is 0 Å². The lowest BCUT2D eigenvalue weighted by Crippen LogP contribution is -1.95. The molecule has 2 aromatic carbocycles. The first-order valence-electron chi connectivity index (χ1n) is 7.43. The van der Waals surface area contributed by atoms with Crippen LogP contribution >= 0.6 is 0 Å². The van der Waals surface area contributed by atoms with E-state index in [2.05, 4.69) is 72.8 Å². The lowest BCUT2D eigenvalue weighted by atomic mass is 9.87. The zero-order valence-corrected chi connectivity index (χ0v) is 11.8. The van der Waals surface area contributed by atoms with Crippen molar-refractivity contribution < 1.29 is 0 Å². The lowest BCUT2D eigenvalue weighted by molar-refractivity contribution is 0.987. The summed E-state index contributed by atoms with van der Waals surface area (Å²) in [6, 6.07) is 21.7. The predicted octanol–water partition coefficient (Wildman–Crippen LogP) is 5.73. The van der Waals surface area contributed by atoms with Gasteiger partial charge in [0.05, 0.1) is 0 Å². The van der Waals surface area contributed by atoms with E-state index in [0.29, 0.717) is 0 Å². The van der Waals surface area contributed by atoms with Crippen molar-refractivity contribution in [2.45, 2.75) is 25.7 Å². The molecule has 0 unspecified atom stereocenters. The van der Waals surface area contributed by atoms with E-state index in [4.69, 9.17) is 0 Å². The molecule has 0 nitrogen and oxygen atoms in total. The molecule has 0 amide bonds. The summed E-state index contributed by atoms with van der Waals surface area (Å²) in [6.07, 6.45) is 9.19. The molecule has 0 fully saturated rings. The van der Waals surface area contributed by atoms with Gasteiger partial charge in [0, 0.05) is 0 Å². The van der Waals surface area contributed by atoms with Crippen LogP contribution in [0.4, 0.5) is 0 Å². The zero-order valence-electron chi connectivity index (χ0n) is 11.8. The highest BCUT2D eigenvalue weighted by molar-refractivity contribution is 5.91. The first kappa shape index (κ1) is 12.9. The van der Waals surface area contributed by atoms with E-state index in [9.17, 15) is 0 Å². The van der Waals surface area contributed by atoms with Gasteiger partial charge in [-0.05, 0) is 48.0 Å². The summed E-state index contributed by atoms with van der Waals surface area (Å²) >= 11 is 0. The molecule has 0 saturated carbocycles. The fraction of sp³-hybridized carbons (Fsp3) is 0.200. The van der Waals surface area contributed by atoms with Crippen LogP contribution in [0.15, 0.2) is 72.8 Å². The van der Waals surface area contributed by atoms with E-state index in [0.717, 1.165) is 25.7 Å². The van der Waals surface area contributed by atoms with Crippen molar-refractivity contribution in [3.63, 3.8) is 0 Å². The molecule has 0 saturated heterocycles. The van der Waals surface area contributed by atoms with Crippen LogP contribution in [0.25, 0.3) is 11.1 Å². The Balaban J connectivity index is 2.10. The van der Waals surface area contributed by atoms with Crippen molar-refractivity contribution in [1.82, 2.24) is 0 Å². The summed E-state index contributed by atoms with van der Waals surface area (Å²) in [5.41, 5.74) is 5.78. The fourth-order valence-corrected chi connectivity index (χ4v) is 2.91. The Morgan fingerprint density at radius 2 is 0.900 bits per heavy atom. The van der Waals surface area contributed by atoms with E-state index in [1.165, 1.54) is 22.3 Å². The molecule has 3 rings (SSSR count). The maximum atomic E-state index is 2.32. The zero-order chi connectivity index (χ0) is 13.6. The monoisotopic (exact) mass is 260 g/mol. The van der Waals surface area contributed by atoms with Crippen LogP contribution in [-0.4, -0.2) is 0 Å². The highest BCUT2D eigenvalue weighted by Crippen LogP contribution is 2.34. The number of hydrogen-bond donors (Lipinski definition) is 0. The topological polar surface area (TPSA) is 0 Å². The second-order valence-electron chi connectivity index (χ2n) is 5.24. The van der Waals surface area contributed by atoms with Gasteiger partial charge in [-0.3, -0.25) is 0 Å². The summed E-state index contributed by atoms with van der Waals surface area (Å²) in [7, 11) is 0. The van der Waals surface area contributed by atoms with Crippen LogP contribution in [0, 0.1) is 0 Å². The van der Waals surface area contributed by atoms with Gasteiger partial charge >= 0.3 is 0 Å².